The maximum Gasteiger partial charge on any atom is 0.336 e. The van der Waals surface area contributed by atoms with E-state index in [1.54, 1.807) is 0 Å². The lowest BCUT2D eigenvalue weighted by molar-refractivity contribution is -0.152. The Hall–Kier alpha value is -8.12. The summed E-state index contributed by atoms with van der Waals surface area (Å²) in [6.45, 7) is 9.76. The summed E-state index contributed by atoms with van der Waals surface area (Å²) in [4.78, 5) is 126. The number of likely N-dealkylation sites (tertiary alicyclic amines) is 4. The second kappa shape index (κ2) is 24.5. The van der Waals surface area contributed by atoms with Crippen molar-refractivity contribution in [3.05, 3.63) is 75.9 Å². The van der Waals surface area contributed by atoms with Gasteiger partial charge in [0.2, 0.25) is 23.6 Å². The number of carbonyl (C=O) groups excluding carboxylic acids is 6. The molecule has 5 heterocycles. The Morgan fingerprint density at radius 1 is 0.675 bits per heavy atom. The Bertz CT molecular complexity index is 3130. The number of nitrogens with one attached hydrogen (secondary N) is 1. The molecule has 4 fully saturated rings. The van der Waals surface area contributed by atoms with Crippen LogP contribution in [-0.2, 0) is 33.4 Å². The van der Waals surface area contributed by atoms with Crippen LogP contribution >= 0.6 is 0 Å². The lowest BCUT2D eigenvalue weighted by Crippen LogP contribution is -2.57. The molecule has 0 saturated carbocycles. The Morgan fingerprint density at radius 2 is 1.21 bits per heavy atom. The number of aliphatic imine (C=N–C) groups is 2. The van der Waals surface area contributed by atoms with Crippen LogP contribution in [0.1, 0.15) is 81.0 Å². The number of Topliss-reactive ketones (excluding diaryl/α,β-unsaturated/α-hetero) is 1. The number of ether oxygens (including phenoxy) is 2. The SMILES string of the molecule is CC(=O)[C@@H]1C[C@@H](OCC(C)C)CN1C(=O)[C@@H]1C[C@@H](CN=C(N)N)CN1C(=O)[C@@H]1C[C@@H](CN=C(N)N)CN1C(=O)[C@@H]1C[C@@H](OCC(C)C)CN1C(=O)CNC(=O)c1ccc(C(=O)O)c(-c2c3ccc(=O)cc-3oc3cc(O)ccc23)c1. The van der Waals surface area contributed by atoms with Gasteiger partial charge in [0.05, 0.1) is 30.4 Å². The van der Waals surface area contributed by atoms with Gasteiger partial charge in [0.15, 0.2) is 23.1 Å². The molecule has 11 N–H and O–H groups in total. The lowest BCUT2D eigenvalue weighted by atomic mass is 9.89. The molecule has 428 valence electrons. The van der Waals surface area contributed by atoms with E-state index in [-0.39, 0.29) is 133 Å². The van der Waals surface area contributed by atoms with Crippen molar-refractivity contribution in [3.63, 3.8) is 0 Å². The minimum absolute atomic E-state index is 0.00403. The summed E-state index contributed by atoms with van der Waals surface area (Å²) in [6, 6.07) is 7.96. The molecule has 8 rings (SSSR count). The fourth-order valence-corrected chi connectivity index (χ4v) is 11.3. The first kappa shape index (κ1) is 58.0. The molecule has 2 aromatic rings. The summed E-state index contributed by atoms with van der Waals surface area (Å²) in [5, 5.41) is 23.7. The molecule has 24 heteroatoms. The molecule has 8 atom stereocenters. The van der Waals surface area contributed by atoms with Gasteiger partial charge in [-0.25, -0.2) is 4.79 Å². The summed E-state index contributed by atoms with van der Waals surface area (Å²) in [5.41, 5.74) is 23.2. The Kier molecular flexibility index (Phi) is 17.8. The van der Waals surface area contributed by atoms with E-state index in [4.69, 9.17) is 36.8 Å². The minimum Gasteiger partial charge on any atom is -0.508 e. The van der Waals surface area contributed by atoms with E-state index < -0.39 is 84.3 Å². The molecule has 2 aromatic carbocycles. The van der Waals surface area contributed by atoms with Crippen LogP contribution < -0.4 is 33.7 Å². The minimum atomic E-state index is -1.32. The number of phenolic OH excluding ortho intramolecular Hbond substituents is 1. The molecular weight excluding hydrogens is 1030 g/mol. The zero-order valence-corrected chi connectivity index (χ0v) is 45.5. The lowest BCUT2D eigenvalue weighted by Gasteiger charge is -2.35. The number of hydrogen-bond donors (Lipinski definition) is 7. The van der Waals surface area contributed by atoms with Gasteiger partial charge in [-0.1, -0.05) is 27.7 Å². The van der Waals surface area contributed by atoms with E-state index in [0.29, 0.717) is 36.1 Å². The van der Waals surface area contributed by atoms with E-state index in [1.165, 1.54) is 81.1 Å². The zero-order chi connectivity index (χ0) is 57.9. The van der Waals surface area contributed by atoms with Crippen molar-refractivity contribution in [2.75, 3.05) is 59.0 Å². The Morgan fingerprint density at radius 3 is 1.75 bits per heavy atom. The molecule has 0 unspecified atom stereocenters. The van der Waals surface area contributed by atoms with Gasteiger partial charge in [0.25, 0.3) is 5.91 Å². The number of aromatic carboxylic acids is 1. The van der Waals surface area contributed by atoms with Gasteiger partial charge < -0.3 is 72.0 Å². The third kappa shape index (κ3) is 13.0. The largest absolute Gasteiger partial charge is 0.508 e. The third-order valence-corrected chi connectivity index (χ3v) is 15.0. The molecule has 0 spiro atoms. The van der Waals surface area contributed by atoms with Crippen LogP contribution in [0.15, 0.2) is 73.8 Å². The van der Waals surface area contributed by atoms with E-state index in [0.717, 1.165) is 0 Å². The van der Waals surface area contributed by atoms with Crippen molar-refractivity contribution in [2.45, 2.75) is 96.7 Å². The highest BCUT2D eigenvalue weighted by atomic mass is 16.5. The van der Waals surface area contributed by atoms with Crippen LogP contribution in [0.25, 0.3) is 33.4 Å². The quantitative estimate of drug-likeness (QED) is 0.0398. The summed E-state index contributed by atoms with van der Waals surface area (Å²) in [6.07, 6.45) is -0.411. The molecule has 0 aromatic heterocycles. The number of carboxylic acids is 1. The normalized spacial score (nSPS) is 22.8. The van der Waals surface area contributed by atoms with Gasteiger partial charge in [-0.3, -0.25) is 43.5 Å². The fraction of sp³-hybridized carbons (Fsp3) is 0.500. The number of carboxylic acid groups (broad SMARTS) is 1. The molecule has 80 heavy (non-hydrogen) atoms. The smallest absolute Gasteiger partial charge is 0.336 e. The first-order valence-corrected chi connectivity index (χ1v) is 26.9. The topological polar surface area (TPSA) is 362 Å². The number of amides is 5. The van der Waals surface area contributed by atoms with Gasteiger partial charge in [0, 0.05) is 99.5 Å². The highest BCUT2D eigenvalue weighted by Gasteiger charge is 2.52. The monoisotopic (exact) mass is 1110 g/mol. The second-order valence-electron chi connectivity index (χ2n) is 22.2. The van der Waals surface area contributed by atoms with Gasteiger partial charge in [-0.05, 0) is 91.5 Å². The van der Waals surface area contributed by atoms with Crippen LogP contribution in [-0.4, -0.2) is 178 Å². The molecule has 0 radical (unpaired) electrons. The molecule has 6 aliphatic rings. The highest BCUT2D eigenvalue weighted by Crippen LogP contribution is 2.43. The standard InChI is InChI=1S/C56H71N11O13/c1-28(2)26-78-36-17-42(30(5)68)67(25-36)52(74)44-13-32(20-63-56(59)60)22-65(44)51(73)43-12-31(19-62-55(57)58)23-66(43)53(75)45-18-37(79-27-29(3)4)24-64(45)48(71)21-61-50(72)33-6-9-38(54(76)77)41(14-33)49-39-10-7-34(69)15-46(39)80-47-16-35(70)8-11-40(47)49/h6-11,14-16,28-29,31-32,36-37,42-45,69H,12-13,17-27H2,1-5H3,(H,61,72)(H,76,77)(H4,57,58,62)(H4,59,60,63)/t31-,32-,36+,37+,42-,43-,44-,45-/m0/s1. The van der Waals surface area contributed by atoms with Crippen molar-refractivity contribution < 1.29 is 57.7 Å². The second-order valence-corrected chi connectivity index (χ2v) is 22.2. The van der Waals surface area contributed by atoms with Gasteiger partial charge in [-0.15, -0.1) is 0 Å². The van der Waals surface area contributed by atoms with Crippen LogP contribution in [0, 0.1) is 23.7 Å². The molecule has 1 aliphatic carbocycles. The van der Waals surface area contributed by atoms with Crippen LogP contribution in [0.4, 0.5) is 0 Å². The predicted molar refractivity (Wildman–Crippen MR) is 294 cm³/mol. The van der Waals surface area contributed by atoms with Crippen LogP contribution in [0.3, 0.4) is 0 Å². The molecule has 4 saturated heterocycles. The Labute approximate surface area is 461 Å². The number of carbonyl (C=O) groups is 7. The number of hydrogen-bond acceptors (Lipinski definition) is 14. The summed E-state index contributed by atoms with van der Waals surface area (Å²) < 4.78 is 18.3. The molecular formula is C56H71N11O13. The maximum atomic E-state index is 15.3. The first-order valence-electron chi connectivity index (χ1n) is 26.9. The molecule has 24 nitrogen and oxygen atoms in total. The maximum absolute atomic E-state index is 15.3. The number of ketones is 1. The number of phenols is 1. The Balaban J connectivity index is 1.07. The molecule has 5 aliphatic heterocycles. The third-order valence-electron chi connectivity index (χ3n) is 15.0. The van der Waals surface area contributed by atoms with Gasteiger partial charge in [0.1, 0.15) is 35.2 Å². The van der Waals surface area contributed by atoms with Crippen molar-refractivity contribution in [3.8, 4) is 28.2 Å². The van der Waals surface area contributed by atoms with Crippen LogP contribution in [0.2, 0.25) is 0 Å². The summed E-state index contributed by atoms with van der Waals surface area (Å²) >= 11 is 0. The van der Waals surface area contributed by atoms with Crippen LogP contribution in [0.5, 0.6) is 5.75 Å². The fourth-order valence-electron chi connectivity index (χ4n) is 11.3. The van der Waals surface area contributed by atoms with Gasteiger partial charge in [-0.2, -0.15) is 0 Å². The average Bonchev–Trinajstić information content (AvgIpc) is 4.37. The van der Waals surface area contributed by atoms with Gasteiger partial charge >= 0.3 is 5.97 Å². The highest BCUT2D eigenvalue weighted by molar-refractivity contribution is 6.09. The van der Waals surface area contributed by atoms with E-state index in [9.17, 15) is 39.0 Å². The number of rotatable bonds is 19. The molecule has 0 bridgehead atoms. The van der Waals surface area contributed by atoms with Crippen molar-refractivity contribution in [1.29, 1.82) is 0 Å². The number of nitrogens with two attached hydrogens (primary N) is 4. The zero-order valence-electron chi connectivity index (χ0n) is 45.5. The number of guanidine groups is 2. The van der Waals surface area contributed by atoms with Crippen molar-refractivity contribution in [1.82, 2.24) is 24.9 Å². The number of nitrogens with zero attached hydrogens (tertiary/aromatic N) is 6. The number of aromatic hydroxyl groups is 1. The first-order chi connectivity index (χ1) is 38.0. The van der Waals surface area contributed by atoms with E-state index in [1.807, 2.05) is 27.7 Å². The van der Waals surface area contributed by atoms with Crippen molar-refractivity contribution >= 4 is 64.2 Å². The van der Waals surface area contributed by atoms with Crippen molar-refractivity contribution in [2.24, 2.45) is 56.6 Å². The predicted octanol–water partition coefficient (Wildman–Crippen LogP) is 1.55. The van der Waals surface area contributed by atoms with E-state index >= 15 is 9.59 Å². The number of fused-ring (bicyclic) bond motifs is 2. The molecule has 5 amide bonds. The number of benzene rings is 3. The van der Waals surface area contributed by atoms with E-state index in [2.05, 4.69) is 15.3 Å². The summed E-state index contributed by atoms with van der Waals surface area (Å²) in [5.74, 6) is -5.43. The summed E-state index contributed by atoms with van der Waals surface area (Å²) in [7, 11) is 0. The average molecular weight is 1110 g/mol.